The summed E-state index contributed by atoms with van der Waals surface area (Å²) in [5.41, 5.74) is 1.75. The van der Waals surface area contributed by atoms with Gasteiger partial charge in [0.05, 0.1) is 11.0 Å². The minimum absolute atomic E-state index is 0.126. The van der Waals surface area contributed by atoms with Crippen LogP contribution < -0.4 is 9.64 Å². The standard InChI is InChI=1S/C20H23N3O4/c1-3-10-22(11-4-2)20-21-16-12-19(17(23(24)25)13-18(16)27-20)26-14-15-8-6-5-7-9-15/h5-9,12-13H,3-4,10-11,14H2,1-2H3. The molecule has 27 heavy (non-hydrogen) atoms. The molecule has 0 bridgehead atoms. The van der Waals surface area contributed by atoms with Crippen LogP contribution in [0.25, 0.3) is 11.1 Å². The second kappa shape index (κ2) is 8.53. The van der Waals surface area contributed by atoms with E-state index < -0.39 is 4.92 Å². The number of fused-ring (bicyclic) bond motifs is 1. The van der Waals surface area contributed by atoms with Gasteiger partial charge >= 0.3 is 5.69 Å². The molecule has 0 saturated carbocycles. The minimum atomic E-state index is -0.461. The van der Waals surface area contributed by atoms with Crippen LogP contribution in [0.15, 0.2) is 46.9 Å². The van der Waals surface area contributed by atoms with Gasteiger partial charge in [-0.3, -0.25) is 10.1 Å². The average Bonchev–Trinajstić information content (AvgIpc) is 3.09. The summed E-state index contributed by atoms with van der Waals surface area (Å²) in [5.74, 6) is 0.189. The molecule has 3 aromatic rings. The van der Waals surface area contributed by atoms with Crippen molar-refractivity contribution in [3.8, 4) is 5.75 Å². The molecule has 2 aromatic carbocycles. The topological polar surface area (TPSA) is 81.6 Å². The summed E-state index contributed by atoms with van der Waals surface area (Å²) in [6.07, 6.45) is 1.93. The van der Waals surface area contributed by atoms with Gasteiger partial charge in [0, 0.05) is 19.2 Å². The van der Waals surface area contributed by atoms with Gasteiger partial charge in [0.1, 0.15) is 12.1 Å². The Bertz CT molecular complexity index is 902. The molecule has 0 amide bonds. The number of oxazole rings is 1. The maximum absolute atomic E-state index is 11.5. The Morgan fingerprint density at radius 3 is 2.48 bits per heavy atom. The first-order valence-electron chi connectivity index (χ1n) is 9.13. The Labute approximate surface area is 157 Å². The number of nitrogens with zero attached hydrogens (tertiary/aromatic N) is 3. The normalized spacial score (nSPS) is 10.9. The number of nitro benzene ring substituents is 1. The molecule has 1 aromatic heterocycles. The molecule has 0 unspecified atom stereocenters. The fourth-order valence-electron chi connectivity index (χ4n) is 2.90. The van der Waals surface area contributed by atoms with Crippen LogP contribution in [0.5, 0.6) is 5.75 Å². The largest absolute Gasteiger partial charge is 0.482 e. The van der Waals surface area contributed by atoms with Gasteiger partial charge in [0.2, 0.25) is 0 Å². The summed E-state index contributed by atoms with van der Waals surface area (Å²) in [5, 5.41) is 11.5. The van der Waals surface area contributed by atoms with Crippen LogP contribution in [0.1, 0.15) is 32.3 Å². The minimum Gasteiger partial charge on any atom is -0.482 e. The highest BCUT2D eigenvalue weighted by Gasteiger charge is 2.21. The molecule has 0 aliphatic rings. The van der Waals surface area contributed by atoms with E-state index in [1.165, 1.54) is 6.07 Å². The number of nitro groups is 1. The van der Waals surface area contributed by atoms with Gasteiger partial charge in [-0.15, -0.1) is 0 Å². The summed E-state index contributed by atoms with van der Waals surface area (Å²) in [6, 6.07) is 13.0. The molecule has 1 heterocycles. The van der Waals surface area contributed by atoms with E-state index in [0.29, 0.717) is 17.1 Å². The molecule has 142 valence electrons. The van der Waals surface area contributed by atoms with Crippen molar-refractivity contribution in [1.82, 2.24) is 4.98 Å². The van der Waals surface area contributed by atoms with Gasteiger partial charge in [-0.2, -0.15) is 4.98 Å². The van der Waals surface area contributed by atoms with Gasteiger partial charge in [-0.1, -0.05) is 44.2 Å². The van der Waals surface area contributed by atoms with Crippen LogP contribution in [-0.2, 0) is 6.61 Å². The molecule has 0 atom stereocenters. The highest BCUT2D eigenvalue weighted by Crippen LogP contribution is 2.34. The molecule has 0 aliphatic heterocycles. The molecule has 0 radical (unpaired) electrons. The number of ether oxygens (including phenoxy) is 1. The van der Waals surface area contributed by atoms with E-state index in [4.69, 9.17) is 9.15 Å². The summed E-state index contributed by atoms with van der Waals surface area (Å²) in [7, 11) is 0. The molecule has 3 rings (SSSR count). The maximum atomic E-state index is 11.5. The molecular weight excluding hydrogens is 346 g/mol. The van der Waals surface area contributed by atoms with E-state index in [9.17, 15) is 10.1 Å². The van der Waals surface area contributed by atoms with E-state index >= 15 is 0 Å². The number of rotatable bonds is 9. The Balaban J connectivity index is 1.93. The van der Waals surface area contributed by atoms with Crippen LogP contribution in [0.2, 0.25) is 0 Å². The van der Waals surface area contributed by atoms with Crippen LogP contribution in [0.3, 0.4) is 0 Å². The number of hydrogen-bond acceptors (Lipinski definition) is 6. The summed E-state index contributed by atoms with van der Waals surface area (Å²) >= 11 is 0. The third kappa shape index (κ3) is 4.36. The Hall–Kier alpha value is -3.09. The third-order valence-electron chi connectivity index (χ3n) is 4.15. The van der Waals surface area contributed by atoms with Crippen molar-refractivity contribution in [1.29, 1.82) is 0 Å². The van der Waals surface area contributed by atoms with Crippen molar-refractivity contribution < 1.29 is 14.1 Å². The number of aromatic nitrogens is 1. The molecule has 0 aliphatic carbocycles. The second-order valence-corrected chi connectivity index (χ2v) is 6.30. The summed E-state index contributed by atoms with van der Waals surface area (Å²) < 4.78 is 11.5. The molecule has 0 fully saturated rings. The zero-order valence-electron chi connectivity index (χ0n) is 15.6. The van der Waals surface area contributed by atoms with E-state index in [0.717, 1.165) is 31.5 Å². The van der Waals surface area contributed by atoms with Crippen LogP contribution in [0, 0.1) is 10.1 Å². The zero-order valence-corrected chi connectivity index (χ0v) is 15.6. The third-order valence-corrected chi connectivity index (χ3v) is 4.15. The number of hydrogen-bond donors (Lipinski definition) is 0. The van der Waals surface area contributed by atoms with Crippen LogP contribution >= 0.6 is 0 Å². The van der Waals surface area contributed by atoms with Gasteiger partial charge in [0.15, 0.2) is 11.3 Å². The lowest BCUT2D eigenvalue weighted by molar-refractivity contribution is -0.385. The SMILES string of the molecule is CCCN(CCC)c1nc2cc(OCc3ccccc3)c([N+](=O)[O-])cc2o1. The first kappa shape index (κ1) is 18.7. The van der Waals surface area contributed by atoms with Crippen molar-refractivity contribution >= 4 is 22.8 Å². The van der Waals surface area contributed by atoms with E-state index in [2.05, 4.69) is 23.7 Å². The van der Waals surface area contributed by atoms with Crippen molar-refractivity contribution in [3.63, 3.8) is 0 Å². The predicted molar refractivity (Wildman–Crippen MR) is 104 cm³/mol. The second-order valence-electron chi connectivity index (χ2n) is 6.30. The van der Waals surface area contributed by atoms with Gasteiger partial charge in [-0.05, 0) is 18.4 Å². The monoisotopic (exact) mass is 369 g/mol. The quantitative estimate of drug-likeness (QED) is 0.392. The van der Waals surface area contributed by atoms with Crippen molar-refractivity contribution in [2.24, 2.45) is 0 Å². The Kier molecular flexibility index (Phi) is 5.90. The fourth-order valence-corrected chi connectivity index (χ4v) is 2.90. The van der Waals surface area contributed by atoms with E-state index in [1.54, 1.807) is 6.07 Å². The Morgan fingerprint density at radius 1 is 1.15 bits per heavy atom. The lowest BCUT2D eigenvalue weighted by atomic mass is 10.2. The molecular formula is C20H23N3O4. The lowest BCUT2D eigenvalue weighted by Crippen LogP contribution is -2.24. The van der Waals surface area contributed by atoms with Gasteiger partial charge < -0.3 is 14.1 Å². The fraction of sp³-hybridized carbons (Fsp3) is 0.350. The first-order chi connectivity index (χ1) is 13.1. The average molecular weight is 369 g/mol. The summed E-state index contributed by atoms with van der Waals surface area (Å²) in [6.45, 7) is 6.06. The van der Waals surface area contributed by atoms with Crippen molar-refractivity contribution in [3.05, 3.63) is 58.1 Å². The highest BCUT2D eigenvalue weighted by atomic mass is 16.6. The smallest absolute Gasteiger partial charge is 0.314 e. The molecule has 7 heteroatoms. The van der Waals surface area contributed by atoms with Crippen molar-refractivity contribution in [2.75, 3.05) is 18.0 Å². The first-order valence-corrected chi connectivity index (χ1v) is 9.13. The number of benzene rings is 2. The molecule has 0 spiro atoms. The Morgan fingerprint density at radius 2 is 1.85 bits per heavy atom. The maximum Gasteiger partial charge on any atom is 0.314 e. The zero-order chi connectivity index (χ0) is 19.2. The van der Waals surface area contributed by atoms with Crippen LogP contribution in [0.4, 0.5) is 11.7 Å². The van der Waals surface area contributed by atoms with E-state index in [1.807, 2.05) is 30.3 Å². The van der Waals surface area contributed by atoms with E-state index in [-0.39, 0.29) is 18.0 Å². The molecule has 0 N–H and O–H groups in total. The van der Waals surface area contributed by atoms with Crippen molar-refractivity contribution in [2.45, 2.75) is 33.3 Å². The highest BCUT2D eigenvalue weighted by molar-refractivity contribution is 5.80. The van der Waals surface area contributed by atoms with Gasteiger partial charge in [-0.25, -0.2) is 0 Å². The van der Waals surface area contributed by atoms with Gasteiger partial charge in [0.25, 0.3) is 6.01 Å². The number of anilines is 1. The lowest BCUT2D eigenvalue weighted by Gasteiger charge is -2.18. The molecule has 7 nitrogen and oxygen atoms in total. The molecule has 0 saturated heterocycles. The summed E-state index contributed by atoms with van der Waals surface area (Å²) in [4.78, 5) is 17.6. The van der Waals surface area contributed by atoms with Crippen LogP contribution in [-0.4, -0.2) is 23.0 Å². The predicted octanol–water partition coefficient (Wildman–Crippen LogP) is 4.94.